The summed E-state index contributed by atoms with van der Waals surface area (Å²) >= 11 is 1.75. The van der Waals surface area contributed by atoms with Crippen molar-refractivity contribution >= 4 is 17.0 Å². The summed E-state index contributed by atoms with van der Waals surface area (Å²) in [6.45, 7) is 3.64. The Balaban J connectivity index is 2.42. The van der Waals surface area contributed by atoms with Gasteiger partial charge in [-0.05, 0) is 13.0 Å². The maximum absolute atomic E-state index is 5.32. The van der Waals surface area contributed by atoms with Gasteiger partial charge in [0.1, 0.15) is 0 Å². The van der Waals surface area contributed by atoms with Crippen LogP contribution in [0.4, 0.5) is 5.69 Å². The first kappa shape index (κ1) is 7.57. The predicted molar refractivity (Wildman–Crippen MR) is 46.6 cm³/mol. The number of nitrogens with two attached hydrogens (primary N) is 1. The zero-order chi connectivity index (χ0) is 7.40. The first-order valence-electron chi connectivity index (χ1n) is 3.32. The molecule has 0 spiro atoms. The molecule has 3 heteroatoms. The molecule has 0 atom stereocenters. The molecule has 56 valence electrons. The zero-order valence-electron chi connectivity index (χ0n) is 6.05. The minimum Gasteiger partial charge on any atom is -0.383 e. The Hall–Kier alpha value is -0.540. The van der Waals surface area contributed by atoms with Crippen molar-refractivity contribution in [1.29, 1.82) is 0 Å². The lowest BCUT2D eigenvalue weighted by molar-refractivity contribution is 1.03. The van der Waals surface area contributed by atoms with E-state index in [0.717, 1.165) is 6.54 Å². The molecule has 0 amide bonds. The third-order valence-corrected chi connectivity index (χ3v) is 2.07. The molecule has 0 aromatic carbocycles. The van der Waals surface area contributed by atoms with Crippen LogP contribution in [0, 0.1) is 6.92 Å². The SMILES string of the molecule is Cc1cc(NCCN)cs1. The molecule has 0 saturated carbocycles. The lowest BCUT2D eigenvalue weighted by Gasteiger charge is -1.98. The second kappa shape index (κ2) is 3.58. The summed E-state index contributed by atoms with van der Waals surface area (Å²) in [5.74, 6) is 0. The highest BCUT2D eigenvalue weighted by atomic mass is 32.1. The van der Waals surface area contributed by atoms with E-state index < -0.39 is 0 Å². The Morgan fingerprint density at radius 1 is 1.70 bits per heavy atom. The largest absolute Gasteiger partial charge is 0.383 e. The fourth-order valence-electron chi connectivity index (χ4n) is 0.753. The number of nitrogens with one attached hydrogen (secondary N) is 1. The molecule has 1 rings (SSSR count). The summed E-state index contributed by atoms with van der Waals surface area (Å²) in [7, 11) is 0. The summed E-state index contributed by atoms with van der Waals surface area (Å²) < 4.78 is 0. The highest BCUT2D eigenvalue weighted by Crippen LogP contribution is 2.17. The Morgan fingerprint density at radius 2 is 2.50 bits per heavy atom. The van der Waals surface area contributed by atoms with E-state index in [9.17, 15) is 0 Å². The molecule has 1 heterocycles. The first-order chi connectivity index (χ1) is 4.83. The minimum atomic E-state index is 0.689. The first-order valence-corrected chi connectivity index (χ1v) is 4.20. The molecule has 3 N–H and O–H groups in total. The van der Waals surface area contributed by atoms with E-state index in [0.29, 0.717) is 6.54 Å². The maximum Gasteiger partial charge on any atom is 0.0452 e. The molecule has 0 radical (unpaired) electrons. The molecule has 0 bridgehead atoms. The van der Waals surface area contributed by atoms with E-state index in [-0.39, 0.29) is 0 Å². The van der Waals surface area contributed by atoms with Gasteiger partial charge in [-0.2, -0.15) is 0 Å². The van der Waals surface area contributed by atoms with E-state index >= 15 is 0 Å². The van der Waals surface area contributed by atoms with E-state index in [1.807, 2.05) is 0 Å². The topological polar surface area (TPSA) is 38.0 Å². The van der Waals surface area contributed by atoms with E-state index in [4.69, 9.17) is 5.73 Å². The lowest BCUT2D eigenvalue weighted by Crippen LogP contribution is -2.12. The summed E-state index contributed by atoms with van der Waals surface area (Å²) in [5.41, 5.74) is 6.51. The van der Waals surface area contributed by atoms with Crippen LogP contribution in [0.5, 0.6) is 0 Å². The average molecular weight is 156 g/mol. The second-order valence-corrected chi connectivity index (χ2v) is 3.28. The Kier molecular flexibility index (Phi) is 2.71. The van der Waals surface area contributed by atoms with Crippen LogP contribution in [0.15, 0.2) is 11.4 Å². The van der Waals surface area contributed by atoms with Gasteiger partial charge >= 0.3 is 0 Å². The summed E-state index contributed by atoms with van der Waals surface area (Å²) in [6.07, 6.45) is 0. The van der Waals surface area contributed by atoms with Crippen LogP contribution in [0.25, 0.3) is 0 Å². The van der Waals surface area contributed by atoms with Gasteiger partial charge in [-0.15, -0.1) is 11.3 Å². The van der Waals surface area contributed by atoms with Gasteiger partial charge in [0, 0.05) is 29.0 Å². The number of anilines is 1. The van der Waals surface area contributed by atoms with Crippen LogP contribution in [0.1, 0.15) is 4.88 Å². The van der Waals surface area contributed by atoms with Gasteiger partial charge in [-0.25, -0.2) is 0 Å². The summed E-state index contributed by atoms with van der Waals surface area (Å²) in [5, 5.41) is 5.30. The number of thiophene rings is 1. The normalized spacial score (nSPS) is 9.80. The van der Waals surface area contributed by atoms with E-state index in [1.165, 1.54) is 10.6 Å². The summed E-state index contributed by atoms with van der Waals surface area (Å²) in [6, 6.07) is 2.13. The molecule has 0 aliphatic rings. The smallest absolute Gasteiger partial charge is 0.0452 e. The quantitative estimate of drug-likeness (QED) is 0.694. The second-order valence-electron chi connectivity index (χ2n) is 2.16. The van der Waals surface area contributed by atoms with Crippen molar-refractivity contribution < 1.29 is 0 Å². The molecule has 1 aromatic heterocycles. The number of hydrogen-bond acceptors (Lipinski definition) is 3. The Bertz CT molecular complexity index is 195. The Labute approximate surface area is 65.1 Å². The minimum absolute atomic E-state index is 0.689. The van der Waals surface area contributed by atoms with E-state index in [2.05, 4.69) is 23.7 Å². The van der Waals surface area contributed by atoms with Gasteiger partial charge in [0.15, 0.2) is 0 Å². The number of aryl methyl sites for hydroxylation is 1. The molecule has 0 aliphatic carbocycles. The van der Waals surface area contributed by atoms with Crippen molar-refractivity contribution in [3.63, 3.8) is 0 Å². The molecule has 0 unspecified atom stereocenters. The van der Waals surface area contributed by atoms with Gasteiger partial charge < -0.3 is 11.1 Å². The highest BCUT2D eigenvalue weighted by molar-refractivity contribution is 7.10. The van der Waals surface area contributed by atoms with Crippen molar-refractivity contribution in [2.24, 2.45) is 5.73 Å². The van der Waals surface area contributed by atoms with Gasteiger partial charge in [-0.3, -0.25) is 0 Å². The standard InChI is InChI=1S/C7H12N2S/c1-6-4-7(5-10-6)9-3-2-8/h4-5,9H,2-3,8H2,1H3. The molecule has 1 aromatic rings. The number of hydrogen-bond donors (Lipinski definition) is 2. The van der Waals surface area contributed by atoms with Gasteiger partial charge in [-0.1, -0.05) is 0 Å². The van der Waals surface area contributed by atoms with Gasteiger partial charge in [0.25, 0.3) is 0 Å². The summed E-state index contributed by atoms with van der Waals surface area (Å²) in [4.78, 5) is 1.33. The van der Waals surface area contributed by atoms with Crippen molar-refractivity contribution in [2.45, 2.75) is 6.92 Å². The monoisotopic (exact) mass is 156 g/mol. The fourth-order valence-corrected chi connectivity index (χ4v) is 1.41. The van der Waals surface area contributed by atoms with Crippen LogP contribution in [-0.2, 0) is 0 Å². The molecule has 2 nitrogen and oxygen atoms in total. The highest BCUT2D eigenvalue weighted by Gasteiger charge is 1.91. The molecule has 10 heavy (non-hydrogen) atoms. The predicted octanol–water partition coefficient (Wildman–Crippen LogP) is 1.43. The molecule has 0 fully saturated rings. The molecule has 0 saturated heterocycles. The maximum atomic E-state index is 5.32. The van der Waals surface area contributed by atoms with Crippen LogP contribution in [-0.4, -0.2) is 13.1 Å². The van der Waals surface area contributed by atoms with Gasteiger partial charge in [0.2, 0.25) is 0 Å². The molecule has 0 aliphatic heterocycles. The lowest BCUT2D eigenvalue weighted by atomic mass is 10.4. The van der Waals surface area contributed by atoms with Crippen LogP contribution >= 0.6 is 11.3 Å². The zero-order valence-corrected chi connectivity index (χ0v) is 6.87. The van der Waals surface area contributed by atoms with Crippen LogP contribution < -0.4 is 11.1 Å². The Morgan fingerprint density at radius 3 is 3.00 bits per heavy atom. The van der Waals surface area contributed by atoms with Gasteiger partial charge in [0.05, 0.1) is 0 Å². The van der Waals surface area contributed by atoms with Crippen LogP contribution in [0.3, 0.4) is 0 Å². The van der Waals surface area contributed by atoms with E-state index in [1.54, 1.807) is 11.3 Å². The average Bonchev–Trinajstić information content (AvgIpc) is 2.31. The van der Waals surface area contributed by atoms with Crippen molar-refractivity contribution in [2.75, 3.05) is 18.4 Å². The van der Waals surface area contributed by atoms with Crippen LogP contribution in [0.2, 0.25) is 0 Å². The van der Waals surface area contributed by atoms with Crippen molar-refractivity contribution in [3.05, 3.63) is 16.3 Å². The molecular weight excluding hydrogens is 144 g/mol. The third-order valence-electron chi connectivity index (χ3n) is 1.20. The van der Waals surface area contributed by atoms with Crippen molar-refractivity contribution in [3.8, 4) is 0 Å². The molecular formula is C7H12N2S. The van der Waals surface area contributed by atoms with Crippen molar-refractivity contribution in [1.82, 2.24) is 0 Å². The fraction of sp³-hybridized carbons (Fsp3) is 0.429. The number of rotatable bonds is 3. The third kappa shape index (κ3) is 2.01.